The first-order chi connectivity index (χ1) is 6.53. The van der Waals surface area contributed by atoms with Gasteiger partial charge in [-0.25, -0.2) is 0 Å². The van der Waals surface area contributed by atoms with Gasteiger partial charge in [-0.1, -0.05) is 6.92 Å². The molecule has 0 bridgehead atoms. The Kier molecular flexibility index (Phi) is 4.35. The quantitative estimate of drug-likeness (QED) is 0.706. The number of rotatable bonds is 4. The van der Waals surface area contributed by atoms with E-state index in [4.69, 9.17) is 10.8 Å². The van der Waals surface area contributed by atoms with Crippen molar-refractivity contribution in [1.82, 2.24) is 4.90 Å². The molecular weight excluding hydrogens is 176 g/mol. The minimum atomic E-state index is -0.402. The molecule has 2 atom stereocenters. The molecule has 1 heterocycles. The van der Waals surface area contributed by atoms with Crippen molar-refractivity contribution >= 4 is 0 Å². The maximum absolute atomic E-state index is 9.03. The molecule has 0 saturated carbocycles. The van der Waals surface area contributed by atoms with E-state index in [1.165, 1.54) is 25.9 Å². The fourth-order valence-electron chi connectivity index (χ4n) is 1.98. The van der Waals surface area contributed by atoms with E-state index in [1.54, 1.807) is 0 Å². The Morgan fingerprint density at radius 2 is 2.29 bits per heavy atom. The largest absolute Gasteiger partial charge is 0.394 e. The van der Waals surface area contributed by atoms with Crippen LogP contribution in [0.2, 0.25) is 0 Å². The van der Waals surface area contributed by atoms with Crippen molar-refractivity contribution in [3.05, 3.63) is 0 Å². The first kappa shape index (κ1) is 12.0. The average molecular weight is 200 g/mol. The van der Waals surface area contributed by atoms with Gasteiger partial charge in [0.15, 0.2) is 0 Å². The highest BCUT2D eigenvalue weighted by Crippen LogP contribution is 2.16. The van der Waals surface area contributed by atoms with Gasteiger partial charge in [0.25, 0.3) is 0 Å². The Hall–Kier alpha value is -0.120. The lowest BCUT2D eigenvalue weighted by molar-refractivity contribution is 0.145. The molecule has 2 unspecified atom stereocenters. The van der Waals surface area contributed by atoms with Crippen molar-refractivity contribution in [2.24, 2.45) is 11.7 Å². The maximum Gasteiger partial charge on any atom is 0.0608 e. The molecule has 1 aliphatic rings. The number of aliphatic hydroxyl groups is 1. The molecule has 3 nitrogen and oxygen atoms in total. The highest BCUT2D eigenvalue weighted by molar-refractivity contribution is 4.80. The molecular formula is C11H24N2O. The van der Waals surface area contributed by atoms with E-state index in [2.05, 4.69) is 11.8 Å². The molecule has 0 aromatic rings. The summed E-state index contributed by atoms with van der Waals surface area (Å²) >= 11 is 0. The van der Waals surface area contributed by atoms with Crippen molar-refractivity contribution in [1.29, 1.82) is 0 Å². The van der Waals surface area contributed by atoms with E-state index in [0.717, 1.165) is 18.9 Å². The van der Waals surface area contributed by atoms with Gasteiger partial charge in [0, 0.05) is 12.1 Å². The second kappa shape index (κ2) is 5.10. The zero-order chi connectivity index (χ0) is 10.6. The summed E-state index contributed by atoms with van der Waals surface area (Å²) in [6, 6.07) is 0. The van der Waals surface area contributed by atoms with Gasteiger partial charge in [-0.2, -0.15) is 0 Å². The lowest BCUT2D eigenvalue weighted by Crippen LogP contribution is -2.45. The Bertz CT molecular complexity index is 171. The summed E-state index contributed by atoms with van der Waals surface area (Å²) in [5.74, 6) is 0.821. The van der Waals surface area contributed by atoms with Crippen molar-refractivity contribution in [3.8, 4) is 0 Å². The first-order valence-corrected chi connectivity index (χ1v) is 5.65. The average Bonchev–Trinajstić information content (AvgIpc) is 2.15. The third-order valence-electron chi connectivity index (χ3n) is 3.10. The molecule has 14 heavy (non-hydrogen) atoms. The van der Waals surface area contributed by atoms with E-state index in [9.17, 15) is 0 Å². The zero-order valence-electron chi connectivity index (χ0n) is 9.50. The Morgan fingerprint density at radius 1 is 1.57 bits per heavy atom. The van der Waals surface area contributed by atoms with Gasteiger partial charge in [0.05, 0.1) is 6.61 Å². The van der Waals surface area contributed by atoms with Gasteiger partial charge in [-0.05, 0) is 45.2 Å². The number of likely N-dealkylation sites (tertiary alicyclic amines) is 1. The highest BCUT2D eigenvalue weighted by Gasteiger charge is 2.21. The predicted octanol–water partition coefficient (Wildman–Crippen LogP) is 0.818. The molecule has 0 aromatic carbocycles. The fourth-order valence-corrected chi connectivity index (χ4v) is 1.98. The lowest BCUT2D eigenvalue weighted by Gasteiger charge is -2.33. The van der Waals surface area contributed by atoms with E-state index < -0.39 is 5.54 Å². The van der Waals surface area contributed by atoms with E-state index >= 15 is 0 Å². The number of hydrogen-bond donors (Lipinski definition) is 2. The van der Waals surface area contributed by atoms with Crippen LogP contribution < -0.4 is 5.73 Å². The van der Waals surface area contributed by atoms with Gasteiger partial charge in [0.2, 0.25) is 0 Å². The number of nitrogens with zero attached hydrogens (tertiary/aromatic N) is 1. The molecule has 3 N–H and O–H groups in total. The second-order valence-corrected chi connectivity index (χ2v) is 5.11. The fraction of sp³-hybridized carbons (Fsp3) is 1.00. The molecule has 1 fully saturated rings. The summed E-state index contributed by atoms with van der Waals surface area (Å²) in [6.07, 6.45) is 3.55. The van der Waals surface area contributed by atoms with Crippen LogP contribution in [0, 0.1) is 5.92 Å². The van der Waals surface area contributed by atoms with Gasteiger partial charge in [-0.3, -0.25) is 0 Å². The molecule has 1 aliphatic heterocycles. The van der Waals surface area contributed by atoms with Gasteiger partial charge in [-0.15, -0.1) is 0 Å². The topological polar surface area (TPSA) is 49.5 Å². The predicted molar refractivity (Wildman–Crippen MR) is 59.1 cm³/mol. The summed E-state index contributed by atoms with van der Waals surface area (Å²) in [6.45, 7) is 7.72. The van der Waals surface area contributed by atoms with Crippen LogP contribution in [0.25, 0.3) is 0 Å². The number of hydrogen-bond acceptors (Lipinski definition) is 3. The molecule has 0 amide bonds. The minimum absolute atomic E-state index is 0.0798. The van der Waals surface area contributed by atoms with Crippen LogP contribution in [0.5, 0.6) is 0 Å². The van der Waals surface area contributed by atoms with Crippen molar-refractivity contribution in [2.75, 3.05) is 26.2 Å². The first-order valence-electron chi connectivity index (χ1n) is 5.65. The molecule has 0 aliphatic carbocycles. The zero-order valence-corrected chi connectivity index (χ0v) is 9.50. The Labute approximate surface area is 87.3 Å². The van der Waals surface area contributed by atoms with Crippen LogP contribution in [0.1, 0.15) is 33.1 Å². The summed E-state index contributed by atoms with van der Waals surface area (Å²) in [7, 11) is 0. The summed E-state index contributed by atoms with van der Waals surface area (Å²) < 4.78 is 0. The van der Waals surface area contributed by atoms with E-state index in [0.29, 0.717) is 0 Å². The van der Waals surface area contributed by atoms with E-state index in [1.807, 2.05) is 6.92 Å². The smallest absolute Gasteiger partial charge is 0.0608 e. The summed E-state index contributed by atoms with van der Waals surface area (Å²) in [5.41, 5.74) is 5.49. The molecule has 0 aromatic heterocycles. The third kappa shape index (κ3) is 3.95. The van der Waals surface area contributed by atoms with Crippen molar-refractivity contribution in [3.63, 3.8) is 0 Å². The van der Waals surface area contributed by atoms with Gasteiger partial charge < -0.3 is 15.7 Å². The van der Waals surface area contributed by atoms with Crippen LogP contribution in [0.4, 0.5) is 0 Å². The molecule has 0 radical (unpaired) electrons. The Balaban J connectivity index is 2.23. The number of nitrogens with two attached hydrogens (primary N) is 1. The summed E-state index contributed by atoms with van der Waals surface area (Å²) in [5, 5.41) is 9.03. The molecule has 1 saturated heterocycles. The maximum atomic E-state index is 9.03. The highest BCUT2D eigenvalue weighted by atomic mass is 16.3. The molecule has 0 spiro atoms. The van der Waals surface area contributed by atoms with E-state index in [-0.39, 0.29) is 6.61 Å². The third-order valence-corrected chi connectivity index (χ3v) is 3.10. The van der Waals surface area contributed by atoms with Crippen LogP contribution in [-0.4, -0.2) is 41.8 Å². The molecule has 3 heteroatoms. The van der Waals surface area contributed by atoms with Crippen LogP contribution in [0.3, 0.4) is 0 Å². The standard InChI is InChI=1S/C11H24N2O/c1-10-4-3-6-13(8-10)7-5-11(2,12)9-14/h10,14H,3-9,12H2,1-2H3. The Morgan fingerprint density at radius 3 is 2.86 bits per heavy atom. The van der Waals surface area contributed by atoms with Gasteiger partial charge >= 0.3 is 0 Å². The van der Waals surface area contributed by atoms with Crippen molar-refractivity contribution < 1.29 is 5.11 Å². The monoisotopic (exact) mass is 200 g/mol. The minimum Gasteiger partial charge on any atom is -0.394 e. The van der Waals surface area contributed by atoms with Crippen LogP contribution >= 0.6 is 0 Å². The van der Waals surface area contributed by atoms with Gasteiger partial charge in [0.1, 0.15) is 0 Å². The van der Waals surface area contributed by atoms with Crippen molar-refractivity contribution in [2.45, 2.75) is 38.6 Å². The lowest BCUT2D eigenvalue weighted by atomic mass is 9.97. The number of aliphatic hydroxyl groups excluding tert-OH is 1. The second-order valence-electron chi connectivity index (χ2n) is 5.11. The normalized spacial score (nSPS) is 28.7. The molecule has 1 rings (SSSR count). The SMILES string of the molecule is CC1CCCN(CCC(C)(N)CO)C1. The molecule has 84 valence electrons. The number of piperidine rings is 1. The van der Waals surface area contributed by atoms with Crippen LogP contribution in [-0.2, 0) is 0 Å². The van der Waals surface area contributed by atoms with Crippen LogP contribution in [0.15, 0.2) is 0 Å². The summed E-state index contributed by atoms with van der Waals surface area (Å²) in [4.78, 5) is 2.47.